The van der Waals surface area contributed by atoms with Crippen molar-refractivity contribution < 1.29 is 4.74 Å². The maximum Gasteiger partial charge on any atom is 0.0658 e. The molecule has 76 valence electrons. The van der Waals surface area contributed by atoms with Crippen LogP contribution in [0.3, 0.4) is 0 Å². The van der Waals surface area contributed by atoms with Crippen LogP contribution in [-0.2, 0) is 11.3 Å². The standard InChI is InChI=1S/C8H14N2O.C2H6/c1-7-6-8(2)10(9-7)4-5-11-3;1-2/h6H,4-5H2,1-3H3;1-2H3. The first-order valence-electron chi connectivity index (χ1n) is 4.74. The van der Waals surface area contributed by atoms with Gasteiger partial charge in [-0.3, -0.25) is 4.68 Å². The Morgan fingerprint density at radius 3 is 2.38 bits per heavy atom. The fourth-order valence-electron chi connectivity index (χ4n) is 1.08. The molecule has 3 nitrogen and oxygen atoms in total. The molecule has 0 aliphatic heterocycles. The summed E-state index contributed by atoms with van der Waals surface area (Å²) in [6.07, 6.45) is 0. The summed E-state index contributed by atoms with van der Waals surface area (Å²) in [5.41, 5.74) is 2.26. The van der Waals surface area contributed by atoms with Gasteiger partial charge in [0.05, 0.1) is 18.8 Å². The minimum atomic E-state index is 0.724. The number of nitrogens with zero attached hydrogens (tertiary/aromatic N) is 2. The highest BCUT2D eigenvalue weighted by Crippen LogP contribution is 2.00. The zero-order chi connectivity index (χ0) is 10.3. The smallest absolute Gasteiger partial charge is 0.0658 e. The zero-order valence-corrected chi connectivity index (χ0v) is 9.29. The van der Waals surface area contributed by atoms with Gasteiger partial charge in [0.25, 0.3) is 0 Å². The first-order chi connectivity index (χ1) is 6.24. The summed E-state index contributed by atoms with van der Waals surface area (Å²) in [6, 6.07) is 2.07. The molecule has 0 aliphatic carbocycles. The molecule has 0 unspecified atom stereocenters. The summed E-state index contributed by atoms with van der Waals surface area (Å²) in [7, 11) is 1.70. The summed E-state index contributed by atoms with van der Waals surface area (Å²) < 4.78 is 6.91. The number of hydrogen-bond acceptors (Lipinski definition) is 2. The van der Waals surface area contributed by atoms with E-state index < -0.39 is 0 Å². The topological polar surface area (TPSA) is 27.1 Å². The Labute approximate surface area is 80.7 Å². The van der Waals surface area contributed by atoms with Crippen molar-refractivity contribution in [1.29, 1.82) is 0 Å². The average Bonchev–Trinajstić information content (AvgIpc) is 2.45. The van der Waals surface area contributed by atoms with Crippen LogP contribution >= 0.6 is 0 Å². The molecule has 1 aromatic rings. The van der Waals surface area contributed by atoms with Crippen LogP contribution in [0, 0.1) is 13.8 Å². The van der Waals surface area contributed by atoms with Crippen molar-refractivity contribution in [3.8, 4) is 0 Å². The normalized spacial score (nSPS) is 9.31. The van der Waals surface area contributed by atoms with Gasteiger partial charge >= 0.3 is 0 Å². The van der Waals surface area contributed by atoms with Crippen LogP contribution < -0.4 is 0 Å². The molecular weight excluding hydrogens is 164 g/mol. The van der Waals surface area contributed by atoms with Gasteiger partial charge in [-0.2, -0.15) is 5.10 Å². The molecule has 0 bridgehead atoms. The van der Waals surface area contributed by atoms with Crippen molar-refractivity contribution in [3.05, 3.63) is 17.5 Å². The molecule has 0 atom stereocenters. The van der Waals surface area contributed by atoms with E-state index >= 15 is 0 Å². The van der Waals surface area contributed by atoms with E-state index in [9.17, 15) is 0 Å². The van der Waals surface area contributed by atoms with Crippen LogP contribution in [0.5, 0.6) is 0 Å². The lowest BCUT2D eigenvalue weighted by Crippen LogP contribution is -2.07. The number of rotatable bonds is 3. The largest absolute Gasteiger partial charge is 0.383 e. The fraction of sp³-hybridized carbons (Fsp3) is 0.700. The minimum absolute atomic E-state index is 0.724. The summed E-state index contributed by atoms with van der Waals surface area (Å²) >= 11 is 0. The van der Waals surface area contributed by atoms with Crippen LogP contribution in [0.1, 0.15) is 25.2 Å². The molecule has 0 saturated carbocycles. The van der Waals surface area contributed by atoms with Gasteiger partial charge in [0.15, 0.2) is 0 Å². The lowest BCUT2D eigenvalue weighted by molar-refractivity contribution is 0.182. The molecule has 0 saturated heterocycles. The van der Waals surface area contributed by atoms with Crippen LogP contribution in [0.15, 0.2) is 6.07 Å². The van der Waals surface area contributed by atoms with E-state index in [0.717, 1.165) is 18.8 Å². The van der Waals surface area contributed by atoms with Gasteiger partial charge in [0.2, 0.25) is 0 Å². The zero-order valence-electron chi connectivity index (χ0n) is 9.29. The molecule has 1 aromatic heterocycles. The van der Waals surface area contributed by atoms with Crippen molar-refractivity contribution in [2.24, 2.45) is 0 Å². The Balaban J connectivity index is 0.000000671. The van der Waals surface area contributed by atoms with Crippen LogP contribution in [0.4, 0.5) is 0 Å². The fourth-order valence-corrected chi connectivity index (χ4v) is 1.08. The third kappa shape index (κ3) is 4.08. The Hall–Kier alpha value is -0.830. The molecule has 0 aromatic carbocycles. The Kier molecular flexibility index (Phi) is 6.24. The number of ether oxygens (including phenoxy) is 1. The number of aromatic nitrogens is 2. The van der Waals surface area contributed by atoms with E-state index in [1.807, 2.05) is 25.5 Å². The van der Waals surface area contributed by atoms with Gasteiger partial charge < -0.3 is 4.74 Å². The molecule has 0 radical (unpaired) electrons. The Morgan fingerprint density at radius 2 is 2.00 bits per heavy atom. The predicted octanol–water partition coefficient (Wildman–Crippen LogP) is 2.17. The van der Waals surface area contributed by atoms with E-state index in [4.69, 9.17) is 4.74 Å². The van der Waals surface area contributed by atoms with Gasteiger partial charge in [0.1, 0.15) is 0 Å². The van der Waals surface area contributed by atoms with Gasteiger partial charge in [0, 0.05) is 12.8 Å². The molecule has 0 aliphatic rings. The first-order valence-corrected chi connectivity index (χ1v) is 4.74. The summed E-state index contributed by atoms with van der Waals surface area (Å²) in [5, 5.41) is 4.28. The Morgan fingerprint density at radius 1 is 1.38 bits per heavy atom. The van der Waals surface area contributed by atoms with Crippen molar-refractivity contribution in [1.82, 2.24) is 9.78 Å². The van der Waals surface area contributed by atoms with E-state index in [1.165, 1.54) is 5.69 Å². The molecule has 0 N–H and O–H groups in total. The lowest BCUT2D eigenvalue weighted by atomic mass is 10.4. The highest BCUT2D eigenvalue weighted by Gasteiger charge is 1.98. The first kappa shape index (κ1) is 12.2. The summed E-state index contributed by atoms with van der Waals surface area (Å²) in [4.78, 5) is 0. The van der Waals surface area contributed by atoms with Gasteiger partial charge in [-0.25, -0.2) is 0 Å². The van der Waals surface area contributed by atoms with Crippen LogP contribution in [-0.4, -0.2) is 23.5 Å². The second-order valence-corrected chi connectivity index (χ2v) is 2.64. The lowest BCUT2D eigenvalue weighted by Gasteiger charge is -2.01. The van der Waals surface area contributed by atoms with Crippen molar-refractivity contribution >= 4 is 0 Å². The monoisotopic (exact) mass is 184 g/mol. The molecule has 1 rings (SSSR count). The molecular formula is C10H20N2O. The van der Waals surface area contributed by atoms with Crippen LogP contribution in [0.2, 0.25) is 0 Å². The number of aryl methyl sites for hydroxylation is 2. The van der Waals surface area contributed by atoms with Gasteiger partial charge in [-0.15, -0.1) is 0 Å². The Bertz CT molecular complexity index is 231. The molecule has 0 amide bonds. The van der Waals surface area contributed by atoms with Crippen LogP contribution in [0.25, 0.3) is 0 Å². The van der Waals surface area contributed by atoms with Gasteiger partial charge in [-0.1, -0.05) is 13.8 Å². The molecule has 0 fully saturated rings. The van der Waals surface area contributed by atoms with Gasteiger partial charge in [-0.05, 0) is 19.9 Å². The number of hydrogen-bond donors (Lipinski definition) is 0. The maximum atomic E-state index is 4.95. The maximum absolute atomic E-state index is 4.95. The third-order valence-electron chi connectivity index (χ3n) is 1.61. The van der Waals surface area contributed by atoms with E-state index in [-0.39, 0.29) is 0 Å². The molecule has 0 spiro atoms. The SMILES string of the molecule is CC.COCCn1nc(C)cc1C. The summed E-state index contributed by atoms with van der Waals surface area (Å²) in [5.74, 6) is 0. The third-order valence-corrected chi connectivity index (χ3v) is 1.61. The van der Waals surface area contributed by atoms with Crippen molar-refractivity contribution in [2.75, 3.05) is 13.7 Å². The van der Waals surface area contributed by atoms with E-state index in [1.54, 1.807) is 7.11 Å². The minimum Gasteiger partial charge on any atom is -0.383 e. The summed E-state index contributed by atoms with van der Waals surface area (Å²) in [6.45, 7) is 9.62. The average molecular weight is 184 g/mol. The quantitative estimate of drug-likeness (QED) is 0.720. The van der Waals surface area contributed by atoms with Crippen molar-refractivity contribution in [3.63, 3.8) is 0 Å². The number of methoxy groups -OCH3 is 1. The molecule has 3 heteroatoms. The highest BCUT2D eigenvalue weighted by atomic mass is 16.5. The predicted molar refractivity (Wildman–Crippen MR) is 54.9 cm³/mol. The highest BCUT2D eigenvalue weighted by molar-refractivity contribution is 5.06. The molecule has 1 heterocycles. The molecule has 13 heavy (non-hydrogen) atoms. The van der Waals surface area contributed by atoms with Crippen molar-refractivity contribution in [2.45, 2.75) is 34.2 Å². The van der Waals surface area contributed by atoms with E-state index in [2.05, 4.69) is 18.1 Å². The second kappa shape index (κ2) is 6.66. The second-order valence-electron chi connectivity index (χ2n) is 2.64. The van der Waals surface area contributed by atoms with E-state index in [0.29, 0.717) is 0 Å².